The number of rotatable bonds is 18. The Morgan fingerprint density at radius 1 is 0.511 bits per heavy atom. The maximum atomic E-state index is 6.20. The van der Waals surface area contributed by atoms with Gasteiger partial charge in [0.1, 0.15) is 11.5 Å². The number of likely N-dealkylation sites (tertiary alicyclic amines) is 2. The summed E-state index contributed by atoms with van der Waals surface area (Å²) in [4.78, 5) is 5.15. The normalized spacial score (nSPS) is 25.6. The van der Waals surface area contributed by atoms with Crippen LogP contribution in [0.15, 0.2) is 54.1 Å². The van der Waals surface area contributed by atoms with Crippen LogP contribution in [-0.4, -0.2) is 62.3 Å². The summed E-state index contributed by atoms with van der Waals surface area (Å²) in [5, 5.41) is 0. The molecular weight excluding hydrogens is 552 g/mol. The molecule has 6 fully saturated rings. The fourth-order valence-corrected chi connectivity index (χ4v) is 9.21. The summed E-state index contributed by atoms with van der Waals surface area (Å²) in [6.45, 7) is 9.50. The first-order valence-corrected chi connectivity index (χ1v) is 18.9. The molecule has 4 nitrogen and oxygen atoms in total. The third-order valence-electron chi connectivity index (χ3n) is 11.8. The van der Waals surface area contributed by atoms with E-state index < -0.39 is 0 Å². The molecule has 0 atom stereocenters. The Labute approximate surface area is 273 Å². The third kappa shape index (κ3) is 8.17. The fraction of sp³-hybridized carbons (Fsp3) is 0.659. The first kappa shape index (κ1) is 31.3. The molecule has 4 heteroatoms. The molecule has 2 saturated heterocycles. The van der Waals surface area contributed by atoms with Crippen LogP contribution in [0.5, 0.6) is 11.5 Å². The molecule has 2 aliphatic heterocycles. The maximum absolute atomic E-state index is 6.20. The van der Waals surface area contributed by atoms with Crippen molar-refractivity contribution in [3.05, 3.63) is 65.2 Å². The van der Waals surface area contributed by atoms with E-state index in [2.05, 4.69) is 58.3 Å². The summed E-state index contributed by atoms with van der Waals surface area (Å²) in [5.74, 6) is 5.50. The molecule has 0 aromatic heterocycles. The SMILES string of the molecule is c1cc(C(=C2C3CC4CC(C3)CC2C4)c2ccc(OCCCCCCN3CCC3)cc2)ccc1OCCCCCCN1CCC1. The van der Waals surface area contributed by atoms with E-state index in [0.29, 0.717) is 0 Å². The van der Waals surface area contributed by atoms with Crippen molar-refractivity contribution in [2.45, 2.75) is 96.3 Å². The number of nitrogens with zero attached hydrogens (tertiary/aromatic N) is 2. The lowest BCUT2D eigenvalue weighted by Crippen LogP contribution is -2.40. The largest absolute Gasteiger partial charge is 0.494 e. The van der Waals surface area contributed by atoms with Crippen LogP contribution >= 0.6 is 0 Å². The van der Waals surface area contributed by atoms with Crippen LogP contribution in [0.1, 0.15) is 107 Å². The Kier molecular flexibility index (Phi) is 10.8. The molecule has 45 heavy (non-hydrogen) atoms. The predicted octanol–water partition coefficient (Wildman–Crippen LogP) is 9.23. The van der Waals surface area contributed by atoms with Gasteiger partial charge in [0.05, 0.1) is 13.2 Å². The number of hydrogen-bond donors (Lipinski definition) is 0. The van der Waals surface area contributed by atoms with Crippen molar-refractivity contribution in [3.8, 4) is 11.5 Å². The Balaban J connectivity index is 0.953. The fourth-order valence-electron chi connectivity index (χ4n) is 9.21. The lowest BCUT2D eigenvalue weighted by Gasteiger charge is -2.52. The molecule has 2 aromatic rings. The predicted molar refractivity (Wildman–Crippen MR) is 186 cm³/mol. The molecule has 8 rings (SSSR count). The van der Waals surface area contributed by atoms with Gasteiger partial charge in [0.2, 0.25) is 0 Å². The molecule has 4 aliphatic carbocycles. The molecular formula is C41H58N2O2. The second-order valence-corrected chi connectivity index (χ2v) is 15.1. The summed E-state index contributed by atoms with van der Waals surface area (Å²) in [7, 11) is 0. The van der Waals surface area contributed by atoms with Crippen molar-refractivity contribution in [2.75, 3.05) is 52.5 Å². The van der Waals surface area contributed by atoms with E-state index in [4.69, 9.17) is 9.47 Å². The number of benzene rings is 2. The minimum absolute atomic E-state index is 0.769. The Morgan fingerprint density at radius 2 is 0.933 bits per heavy atom. The van der Waals surface area contributed by atoms with Gasteiger partial charge in [-0.05, 0) is 175 Å². The summed E-state index contributed by atoms with van der Waals surface area (Å²) in [6.07, 6.45) is 20.1. The number of ether oxygens (including phenoxy) is 2. The van der Waals surface area contributed by atoms with Gasteiger partial charge in [-0.2, -0.15) is 0 Å². The van der Waals surface area contributed by atoms with Gasteiger partial charge in [-0.15, -0.1) is 0 Å². The molecule has 4 saturated carbocycles. The van der Waals surface area contributed by atoms with Crippen molar-refractivity contribution in [2.24, 2.45) is 23.7 Å². The van der Waals surface area contributed by atoms with E-state index >= 15 is 0 Å². The molecule has 4 bridgehead atoms. The molecule has 2 heterocycles. The maximum Gasteiger partial charge on any atom is 0.119 e. The van der Waals surface area contributed by atoms with Gasteiger partial charge >= 0.3 is 0 Å². The van der Waals surface area contributed by atoms with Gasteiger partial charge in [0.15, 0.2) is 0 Å². The average molecular weight is 611 g/mol. The van der Waals surface area contributed by atoms with E-state index in [0.717, 1.165) is 61.2 Å². The zero-order chi connectivity index (χ0) is 30.3. The van der Waals surface area contributed by atoms with Crippen LogP contribution in [0.25, 0.3) is 5.57 Å². The summed E-state index contributed by atoms with van der Waals surface area (Å²) in [5.41, 5.74) is 6.00. The zero-order valence-electron chi connectivity index (χ0n) is 27.9. The summed E-state index contributed by atoms with van der Waals surface area (Å²) >= 11 is 0. The van der Waals surface area contributed by atoms with Gasteiger partial charge in [-0.1, -0.05) is 55.5 Å². The van der Waals surface area contributed by atoms with E-state index in [1.807, 2.05) is 0 Å². The smallest absolute Gasteiger partial charge is 0.119 e. The van der Waals surface area contributed by atoms with Gasteiger partial charge in [0, 0.05) is 0 Å². The van der Waals surface area contributed by atoms with E-state index in [-0.39, 0.29) is 0 Å². The third-order valence-corrected chi connectivity index (χ3v) is 11.8. The second-order valence-electron chi connectivity index (χ2n) is 15.1. The van der Waals surface area contributed by atoms with Crippen LogP contribution in [-0.2, 0) is 0 Å². The Hall–Kier alpha value is -2.30. The van der Waals surface area contributed by atoms with Crippen molar-refractivity contribution in [1.82, 2.24) is 9.80 Å². The average Bonchev–Trinajstić information content (AvgIpc) is 3.00. The van der Waals surface area contributed by atoms with Crippen LogP contribution in [0, 0.1) is 23.7 Å². The van der Waals surface area contributed by atoms with Crippen LogP contribution < -0.4 is 9.47 Å². The number of unbranched alkanes of at least 4 members (excludes halogenated alkanes) is 6. The first-order chi connectivity index (χ1) is 22.3. The molecule has 0 spiro atoms. The number of hydrogen-bond acceptors (Lipinski definition) is 4. The van der Waals surface area contributed by atoms with Crippen molar-refractivity contribution >= 4 is 5.57 Å². The molecule has 0 unspecified atom stereocenters. The molecule has 244 valence electrons. The minimum atomic E-state index is 0.769. The lowest BCUT2D eigenvalue weighted by molar-refractivity contribution is 0.0705. The highest BCUT2D eigenvalue weighted by Crippen LogP contribution is 2.58. The highest BCUT2D eigenvalue weighted by molar-refractivity contribution is 5.83. The zero-order valence-corrected chi connectivity index (χ0v) is 27.9. The topological polar surface area (TPSA) is 24.9 Å². The van der Waals surface area contributed by atoms with Crippen LogP contribution in [0.3, 0.4) is 0 Å². The first-order valence-electron chi connectivity index (χ1n) is 18.9. The molecule has 0 amide bonds. The van der Waals surface area contributed by atoms with Crippen molar-refractivity contribution in [1.29, 1.82) is 0 Å². The Morgan fingerprint density at radius 3 is 1.33 bits per heavy atom. The summed E-state index contributed by atoms with van der Waals surface area (Å²) < 4.78 is 12.4. The van der Waals surface area contributed by atoms with Gasteiger partial charge in [0.25, 0.3) is 0 Å². The Bertz CT molecular complexity index is 1120. The number of allylic oxidation sites excluding steroid dienone is 1. The second kappa shape index (κ2) is 15.5. The molecule has 6 aliphatic rings. The highest BCUT2D eigenvalue weighted by atomic mass is 16.5. The summed E-state index contributed by atoms with van der Waals surface area (Å²) in [6, 6.07) is 18.2. The van der Waals surface area contributed by atoms with Crippen LogP contribution in [0.2, 0.25) is 0 Å². The van der Waals surface area contributed by atoms with E-state index in [9.17, 15) is 0 Å². The monoisotopic (exact) mass is 610 g/mol. The molecule has 0 N–H and O–H groups in total. The molecule has 2 aromatic carbocycles. The van der Waals surface area contributed by atoms with Crippen LogP contribution in [0.4, 0.5) is 0 Å². The standard InChI is InChI=1S/C41H58N2O2/c1(5-19-42-21-9-22-42)3-7-25-44-38-15-11-34(12-16-38)40(41-36-28-32-27-33(30-36)31-37(41)29-32)35-13-17-39(18-14-35)45-26-8-4-2-6-20-43-23-10-24-43/h11-18,32-33,36-37H,1-10,19-31H2. The van der Waals surface area contributed by atoms with Crippen molar-refractivity contribution in [3.63, 3.8) is 0 Å². The van der Waals surface area contributed by atoms with Crippen molar-refractivity contribution < 1.29 is 9.47 Å². The van der Waals surface area contributed by atoms with Gasteiger partial charge in [-0.3, -0.25) is 0 Å². The molecule has 0 radical (unpaired) electrons. The van der Waals surface area contributed by atoms with E-state index in [1.54, 1.807) is 5.57 Å². The minimum Gasteiger partial charge on any atom is -0.494 e. The van der Waals surface area contributed by atoms with Gasteiger partial charge in [-0.25, -0.2) is 0 Å². The highest BCUT2D eigenvalue weighted by Gasteiger charge is 2.46. The quantitative estimate of drug-likeness (QED) is 0.157. The lowest BCUT2D eigenvalue weighted by atomic mass is 9.53. The van der Waals surface area contributed by atoms with Gasteiger partial charge < -0.3 is 19.3 Å². The van der Waals surface area contributed by atoms with E-state index in [1.165, 1.54) is 139 Å².